The predicted octanol–water partition coefficient (Wildman–Crippen LogP) is 5.44. The Kier molecular flexibility index (Phi) is 6.54. The number of aromatic amines is 1. The number of carbonyl (C=O) groups excluding carboxylic acids is 3. The van der Waals surface area contributed by atoms with E-state index >= 15 is 0 Å². The molecule has 0 saturated carbocycles. The van der Waals surface area contributed by atoms with Crippen LogP contribution < -0.4 is 15.0 Å². The highest BCUT2D eigenvalue weighted by atomic mass is 16.5. The van der Waals surface area contributed by atoms with Crippen molar-refractivity contribution >= 4 is 34.4 Å². The molecule has 40 heavy (non-hydrogen) atoms. The quantitative estimate of drug-likeness (QED) is 0.308. The zero-order valence-electron chi connectivity index (χ0n) is 22.8. The summed E-state index contributed by atoms with van der Waals surface area (Å²) in [5.41, 5.74) is 4.35. The minimum absolute atomic E-state index is 0.301. The van der Waals surface area contributed by atoms with E-state index < -0.39 is 18.1 Å². The molecule has 2 aliphatic rings. The van der Waals surface area contributed by atoms with Gasteiger partial charge in [0.15, 0.2) is 0 Å². The lowest BCUT2D eigenvalue weighted by molar-refractivity contribution is -0.120. The first-order valence-electron chi connectivity index (χ1n) is 13.7. The monoisotopic (exact) mass is 536 g/mol. The molecule has 1 aromatic heterocycles. The van der Waals surface area contributed by atoms with Gasteiger partial charge < -0.3 is 15.0 Å². The number of H-pyrrole nitrogens is 1. The van der Waals surface area contributed by atoms with Gasteiger partial charge in [-0.05, 0) is 53.8 Å². The third-order valence-corrected chi connectivity index (χ3v) is 7.88. The third-order valence-electron chi connectivity index (χ3n) is 7.88. The Morgan fingerprint density at radius 1 is 1.02 bits per heavy atom. The van der Waals surface area contributed by atoms with Crippen LogP contribution in [0.3, 0.4) is 0 Å². The maximum absolute atomic E-state index is 14.2. The molecule has 4 aromatic rings. The zero-order valence-corrected chi connectivity index (χ0v) is 22.8. The number of nitrogens with one attached hydrogen (secondary N) is 2. The van der Waals surface area contributed by atoms with Gasteiger partial charge in [-0.15, -0.1) is 0 Å². The molecule has 8 heteroatoms. The molecule has 2 aliphatic heterocycles. The van der Waals surface area contributed by atoms with Crippen molar-refractivity contribution in [2.45, 2.75) is 38.8 Å². The van der Waals surface area contributed by atoms with Crippen molar-refractivity contribution in [2.75, 3.05) is 18.6 Å². The van der Waals surface area contributed by atoms with E-state index in [0.29, 0.717) is 35.9 Å². The summed E-state index contributed by atoms with van der Waals surface area (Å²) >= 11 is 0. The average Bonchev–Trinajstić information content (AvgIpc) is 3.46. The Labute approximate surface area is 232 Å². The van der Waals surface area contributed by atoms with Crippen molar-refractivity contribution in [2.24, 2.45) is 5.92 Å². The van der Waals surface area contributed by atoms with Crippen molar-refractivity contribution in [1.82, 2.24) is 15.2 Å². The molecule has 1 unspecified atom stereocenters. The SMILES string of the molecule is COc1ccc(C2c3[nH]c4ccccc4c3C[C@H]3C(=O)N(c4ccccc4C(=O)NCCC(C)C)C(=O)N23)cc1. The van der Waals surface area contributed by atoms with Crippen molar-refractivity contribution < 1.29 is 19.1 Å². The molecular formula is C32H32N4O4. The van der Waals surface area contributed by atoms with Crippen LogP contribution in [-0.2, 0) is 11.2 Å². The predicted molar refractivity (Wildman–Crippen MR) is 154 cm³/mol. The summed E-state index contributed by atoms with van der Waals surface area (Å²) in [5, 5.41) is 3.98. The lowest BCUT2D eigenvalue weighted by Crippen LogP contribution is -2.44. The van der Waals surface area contributed by atoms with Gasteiger partial charge in [-0.3, -0.25) is 14.5 Å². The Bertz CT molecular complexity index is 1610. The van der Waals surface area contributed by atoms with E-state index in [1.165, 1.54) is 4.90 Å². The van der Waals surface area contributed by atoms with Crippen LogP contribution >= 0.6 is 0 Å². The summed E-state index contributed by atoms with van der Waals surface area (Å²) in [4.78, 5) is 47.9. The summed E-state index contributed by atoms with van der Waals surface area (Å²) < 4.78 is 5.36. The Balaban J connectivity index is 1.43. The molecule has 1 fully saturated rings. The van der Waals surface area contributed by atoms with Crippen LogP contribution in [-0.4, -0.2) is 47.4 Å². The van der Waals surface area contributed by atoms with Gasteiger partial charge in [0, 0.05) is 29.6 Å². The van der Waals surface area contributed by atoms with E-state index in [0.717, 1.165) is 34.1 Å². The lowest BCUT2D eigenvalue weighted by Gasteiger charge is -2.36. The molecule has 6 rings (SSSR count). The molecule has 3 heterocycles. The summed E-state index contributed by atoms with van der Waals surface area (Å²) in [7, 11) is 1.61. The Morgan fingerprint density at radius 2 is 1.75 bits per heavy atom. The first-order valence-corrected chi connectivity index (χ1v) is 13.7. The molecule has 0 aliphatic carbocycles. The highest BCUT2D eigenvalue weighted by Crippen LogP contribution is 2.45. The summed E-state index contributed by atoms with van der Waals surface area (Å²) in [5.74, 6) is 0.513. The van der Waals surface area contributed by atoms with Crippen molar-refractivity contribution in [1.29, 1.82) is 0 Å². The van der Waals surface area contributed by atoms with Gasteiger partial charge in [0.25, 0.3) is 11.8 Å². The lowest BCUT2D eigenvalue weighted by atomic mass is 9.89. The molecular weight excluding hydrogens is 504 g/mol. The fourth-order valence-electron chi connectivity index (χ4n) is 5.86. The van der Waals surface area contributed by atoms with E-state index in [2.05, 4.69) is 24.1 Å². The molecule has 1 saturated heterocycles. The van der Waals surface area contributed by atoms with Crippen molar-refractivity contribution in [3.63, 3.8) is 0 Å². The van der Waals surface area contributed by atoms with Gasteiger partial charge in [-0.1, -0.05) is 56.3 Å². The van der Waals surface area contributed by atoms with Crippen LogP contribution in [0, 0.1) is 5.92 Å². The first-order chi connectivity index (χ1) is 19.4. The van der Waals surface area contributed by atoms with Crippen LogP contribution in [0.25, 0.3) is 10.9 Å². The van der Waals surface area contributed by atoms with Crippen LogP contribution in [0.5, 0.6) is 5.75 Å². The molecule has 2 N–H and O–H groups in total. The van der Waals surface area contributed by atoms with Gasteiger partial charge in [0.2, 0.25) is 0 Å². The number of anilines is 1. The minimum Gasteiger partial charge on any atom is -0.497 e. The Hall–Kier alpha value is -4.59. The highest BCUT2D eigenvalue weighted by Gasteiger charge is 2.53. The van der Waals surface area contributed by atoms with Crippen LogP contribution in [0.15, 0.2) is 72.8 Å². The number of hydrogen-bond acceptors (Lipinski definition) is 4. The molecule has 4 amide bonds. The van der Waals surface area contributed by atoms with Crippen LogP contribution in [0.4, 0.5) is 10.5 Å². The van der Waals surface area contributed by atoms with Crippen LogP contribution in [0.1, 0.15) is 53.5 Å². The fourth-order valence-corrected chi connectivity index (χ4v) is 5.86. The second kappa shape index (κ2) is 10.2. The zero-order chi connectivity index (χ0) is 28.0. The molecule has 0 radical (unpaired) electrons. The molecule has 0 bridgehead atoms. The van der Waals surface area contributed by atoms with Crippen LogP contribution in [0.2, 0.25) is 0 Å². The van der Waals surface area contributed by atoms with Crippen molar-refractivity contribution in [3.05, 3.63) is 95.2 Å². The number of rotatable bonds is 7. The van der Waals surface area contributed by atoms with Crippen molar-refractivity contribution in [3.8, 4) is 5.75 Å². The van der Waals surface area contributed by atoms with Gasteiger partial charge >= 0.3 is 6.03 Å². The number of hydrogen-bond donors (Lipinski definition) is 2. The number of urea groups is 1. The number of nitrogens with zero attached hydrogens (tertiary/aromatic N) is 2. The number of benzene rings is 3. The number of para-hydroxylation sites is 2. The topological polar surface area (TPSA) is 94.7 Å². The van der Waals surface area contributed by atoms with E-state index in [1.54, 1.807) is 36.3 Å². The fraction of sp³-hybridized carbons (Fsp3) is 0.281. The number of imide groups is 1. The number of ether oxygens (including phenoxy) is 1. The molecule has 2 atom stereocenters. The number of fused-ring (bicyclic) bond motifs is 4. The number of aromatic nitrogens is 1. The standard InChI is InChI=1S/C32H32N4O4/c1-19(2)16-17-33-30(37)23-9-5-7-11-26(23)36-31(38)27-18-24-22-8-4-6-10-25(22)34-28(24)29(35(27)32(36)39)20-12-14-21(40-3)15-13-20/h4-15,19,27,29,34H,16-18H2,1-3H3,(H,33,37)/t27-,29?/m0/s1. The summed E-state index contributed by atoms with van der Waals surface area (Å²) in [6, 6.07) is 20.7. The number of amides is 4. The third kappa shape index (κ3) is 4.20. The minimum atomic E-state index is -0.705. The van der Waals surface area contributed by atoms with Gasteiger partial charge in [0.1, 0.15) is 17.8 Å². The highest BCUT2D eigenvalue weighted by molar-refractivity contribution is 6.24. The second-order valence-electron chi connectivity index (χ2n) is 10.8. The second-order valence-corrected chi connectivity index (χ2v) is 10.8. The van der Waals surface area contributed by atoms with E-state index in [4.69, 9.17) is 4.74 Å². The normalized spacial score (nSPS) is 18.3. The molecule has 204 valence electrons. The molecule has 3 aromatic carbocycles. The van der Waals surface area contributed by atoms with E-state index in [1.807, 2.05) is 48.5 Å². The maximum Gasteiger partial charge on any atom is 0.332 e. The number of carbonyl (C=O) groups is 3. The van der Waals surface area contributed by atoms with Gasteiger partial charge in [-0.2, -0.15) is 0 Å². The number of methoxy groups -OCH3 is 1. The first kappa shape index (κ1) is 25.7. The van der Waals surface area contributed by atoms with E-state index in [-0.39, 0.29) is 11.8 Å². The molecule has 0 spiro atoms. The summed E-state index contributed by atoms with van der Waals surface area (Å²) in [6.07, 6.45) is 1.22. The largest absolute Gasteiger partial charge is 0.497 e. The Morgan fingerprint density at radius 3 is 2.50 bits per heavy atom. The summed E-state index contributed by atoms with van der Waals surface area (Å²) in [6.45, 7) is 4.70. The van der Waals surface area contributed by atoms with E-state index in [9.17, 15) is 14.4 Å². The van der Waals surface area contributed by atoms with Gasteiger partial charge in [-0.25, -0.2) is 9.69 Å². The maximum atomic E-state index is 14.2. The molecule has 8 nitrogen and oxygen atoms in total. The smallest absolute Gasteiger partial charge is 0.332 e. The average molecular weight is 537 g/mol. The van der Waals surface area contributed by atoms with Gasteiger partial charge in [0.05, 0.1) is 18.4 Å².